The fourth-order valence-corrected chi connectivity index (χ4v) is 4.04. The number of hydrogen-bond acceptors (Lipinski definition) is 5. The topological polar surface area (TPSA) is 89.3 Å². The van der Waals surface area contributed by atoms with E-state index in [1.807, 2.05) is 16.8 Å². The Morgan fingerprint density at radius 1 is 1.32 bits per heavy atom. The smallest absolute Gasteiger partial charge is 0.228 e. The van der Waals surface area contributed by atoms with Crippen molar-refractivity contribution in [3.63, 3.8) is 0 Å². The molecule has 8 heteroatoms. The van der Waals surface area contributed by atoms with Gasteiger partial charge in [0, 0.05) is 12.1 Å². The molecular formula is C20H29ClN4O3. The molecule has 2 aromatic heterocycles. The Morgan fingerprint density at radius 3 is 2.68 bits per heavy atom. The van der Waals surface area contributed by atoms with Gasteiger partial charge in [0.05, 0.1) is 30.7 Å². The van der Waals surface area contributed by atoms with Crippen LogP contribution in [0.5, 0.6) is 0 Å². The second-order valence-electron chi connectivity index (χ2n) is 7.45. The number of fused-ring (bicyclic) bond motifs is 1. The number of ether oxygens (including phenoxy) is 1. The minimum Gasteiger partial charge on any atom is -0.394 e. The molecule has 0 saturated carbocycles. The second kappa shape index (κ2) is 9.67. The minimum absolute atomic E-state index is 0.0163. The zero-order chi connectivity index (χ0) is 20.1. The van der Waals surface area contributed by atoms with E-state index in [1.54, 1.807) is 0 Å². The van der Waals surface area contributed by atoms with Crippen molar-refractivity contribution in [2.45, 2.75) is 71.1 Å². The van der Waals surface area contributed by atoms with Gasteiger partial charge in [0.1, 0.15) is 11.5 Å². The summed E-state index contributed by atoms with van der Waals surface area (Å²) < 4.78 is 7.80. The first-order chi connectivity index (χ1) is 13.5. The number of nitrogens with one attached hydrogen (secondary N) is 1. The van der Waals surface area contributed by atoms with Crippen molar-refractivity contribution in [1.82, 2.24) is 14.5 Å². The molecule has 1 aliphatic heterocycles. The fraction of sp³-hybridized carbons (Fsp3) is 0.650. The Kier molecular flexibility index (Phi) is 7.26. The average Bonchev–Trinajstić information content (AvgIpc) is 3.29. The van der Waals surface area contributed by atoms with Gasteiger partial charge in [-0.3, -0.25) is 4.79 Å². The summed E-state index contributed by atoms with van der Waals surface area (Å²) in [5.41, 5.74) is 0.675. The number of amides is 1. The van der Waals surface area contributed by atoms with Crippen LogP contribution in [-0.4, -0.2) is 44.4 Å². The van der Waals surface area contributed by atoms with Crippen LogP contribution in [0.2, 0.25) is 5.28 Å². The normalized spacial score (nSPS) is 19.6. The number of halogens is 1. The molecule has 0 aliphatic carbocycles. The van der Waals surface area contributed by atoms with Gasteiger partial charge in [-0.25, -0.2) is 0 Å². The van der Waals surface area contributed by atoms with Gasteiger partial charge in [-0.05, 0) is 43.4 Å². The standard InChI is InChI=1S/C20H29ClN4O3/c1-3-5-13(6-4-2)19(27)22-17-16-9-10-25(18(16)24-20(21)23-17)11-14-7-8-15(12-26)28-14/h9-10,13-15,26H,3-8,11-12H2,1-2H3,(H,22,23,24,27)/t14-,15+/m1/s1. The highest BCUT2D eigenvalue weighted by atomic mass is 35.5. The highest BCUT2D eigenvalue weighted by Crippen LogP contribution is 2.27. The van der Waals surface area contributed by atoms with Gasteiger partial charge in [0.25, 0.3) is 0 Å². The van der Waals surface area contributed by atoms with Crippen LogP contribution in [0.25, 0.3) is 11.0 Å². The van der Waals surface area contributed by atoms with Crippen LogP contribution in [0, 0.1) is 5.92 Å². The highest BCUT2D eigenvalue weighted by Gasteiger charge is 2.26. The summed E-state index contributed by atoms with van der Waals surface area (Å²) in [4.78, 5) is 21.4. The third-order valence-electron chi connectivity index (χ3n) is 5.28. The Hall–Kier alpha value is -1.70. The summed E-state index contributed by atoms with van der Waals surface area (Å²) in [7, 11) is 0. The van der Waals surface area contributed by atoms with Crippen molar-refractivity contribution in [3.05, 3.63) is 17.5 Å². The number of aromatic nitrogens is 3. The third kappa shape index (κ3) is 4.82. The second-order valence-corrected chi connectivity index (χ2v) is 7.79. The molecule has 3 rings (SSSR count). The van der Waals surface area contributed by atoms with Gasteiger partial charge in [0.15, 0.2) is 0 Å². The minimum atomic E-state index is -0.0889. The Morgan fingerprint density at radius 2 is 2.04 bits per heavy atom. The van der Waals surface area contributed by atoms with Crippen LogP contribution in [-0.2, 0) is 16.1 Å². The molecule has 2 aromatic rings. The van der Waals surface area contributed by atoms with Gasteiger partial charge >= 0.3 is 0 Å². The first kappa shape index (κ1) is 21.0. The number of carbonyl (C=O) groups is 1. The predicted octanol–water partition coefficient (Wildman–Crippen LogP) is 3.78. The van der Waals surface area contributed by atoms with E-state index in [0.29, 0.717) is 18.0 Å². The molecule has 3 heterocycles. The molecule has 1 aliphatic rings. The van der Waals surface area contributed by atoms with Gasteiger partial charge in [-0.1, -0.05) is 26.7 Å². The lowest BCUT2D eigenvalue weighted by Crippen LogP contribution is -2.23. The first-order valence-electron chi connectivity index (χ1n) is 10.1. The van der Waals surface area contributed by atoms with E-state index in [2.05, 4.69) is 29.1 Å². The molecule has 1 amide bonds. The Bertz CT molecular complexity index is 804. The lowest BCUT2D eigenvalue weighted by atomic mass is 9.97. The monoisotopic (exact) mass is 408 g/mol. The Balaban J connectivity index is 1.80. The molecule has 154 valence electrons. The van der Waals surface area contributed by atoms with Crippen LogP contribution in [0.1, 0.15) is 52.4 Å². The maximum absolute atomic E-state index is 12.7. The number of rotatable bonds is 9. The van der Waals surface area contributed by atoms with Crippen molar-refractivity contribution >= 4 is 34.4 Å². The predicted molar refractivity (Wildman–Crippen MR) is 109 cm³/mol. The van der Waals surface area contributed by atoms with E-state index >= 15 is 0 Å². The quantitative estimate of drug-likeness (QED) is 0.616. The van der Waals surface area contributed by atoms with Crippen LogP contribution >= 0.6 is 11.6 Å². The Labute approximate surface area is 170 Å². The number of carbonyl (C=O) groups excluding carboxylic acids is 1. The zero-order valence-corrected chi connectivity index (χ0v) is 17.3. The number of nitrogens with zero attached hydrogens (tertiary/aromatic N) is 3. The van der Waals surface area contributed by atoms with Crippen LogP contribution in [0.3, 0.4) is 0 Å². The average molecular weight is 409 g/mol. The van der Waals surface area contributed by atoms with Gasteiger partial charge in [0.2, 0.25) is 11.2 Å². The number of aliphatic hydroxyl groups excluding tert-OH is 1. The highest BCUT2D eigenvalue weighted by molar-refractivity contribution is 6.28. The summed E-state index contributed by atoms with van der Waals surface area (Å²) in [5, 5.41) is 13.1. The number of hydrogen-bond donors (Lipinski definition) is 2. The van der Waals surface area contributed by atoms with E-state index < -0.39 is 0 Å². The molecular weight excluding hydrogens is 380 g/mol. The molecule has 0 radical (unpaired) electrons. The molecule has 0 spiro atoms. The van der Waals surface area contributed by atoms with E-state index in [0.717, 1.165) is 43.9 Å². The van der Waals surface area contributed by atoms with Crippen LogP contribution in [0.4, 0.5) is 5.82 Å². The van der Waals surface area contributed by atoms with Gasteiger partial charge in [-0.15, -0.1) is 0 Å². The zero-order valence-electron chi connectivity index (χ0n) is 16.5. The van der Waals surface area contributed by atoms with Crippen molar-refractivity contribution in [2.75, 3.05) is 11.9 Å². The van der Waals surface area contributed by atoms with E-state index in [9.17, 15) is 9.90 Å². The summed E-state index contributed by atoms with van der Waals surface area (Å²) in [6.07, 6.45) is 7.23. The van der Waals surface area contributed by atoms with E-state index in [4.69, 9.17) is 16.3 Å². The van der Waals surface area contributed by atoms with Crippen molar-refractivity contribution < 1.29 is 14.6 Å². The van der Waals surface area contributed by atoms with Gasteiger partial charge in [-0.2, -0.15) is 9.97 Å². The number of anilines is 1. The van der Waals surface area contributed by atoms with Crippen molar-refractivity contribution in [1.29, 1.82) is 0 Å². The van der Waals surface area contributed by atoms with E-state index in [-0.39, 0.29) is 35.9 Å². The number of aliphatic hydroxyl groups is 1. The molecule has 1 saturated heterocycles. The van der Waals surface area contributed by atoms with Crippen LogP contribution in [0.15, 0.2) is 12.3 Å². The summed E-state index contributed by atoms with van der Waals surface area (Å²) in [6, 6.07) is 1.90. The first-order valence-corrected chi connectivity index (χ1v) is 10.5. The fourth-order valence-electron chi connectivity index (χ4n) is 3.87. The largest absolute Gasteiger partial charge is 0.394 e. The molecule has 7 nitrogen and oxygen atoms in total. The third-order valence-corrected chi connectivity index (χ3v) is 5.45. The van der Waals surface area contributed by atoms with Crippen LogP contribution < -0.4 is 5.32 Å². The summed E-state index contributed by atoms with van der Waals surface area (Å²) >= 11 is 6.15. The molecule has 1 fully saturated rings. The molecule has 2 atom stereocenters. The molecule has 28 heavy (non-hydrogen) atoms. The molecule has 0 bridgehead atoms. The summed E-state index contributed by atoms with van der Waals surface area (Å²) in [5.74, 6) is 0.414. The van der Waals surface area contributed by atoms with E-state index in [1.165, 1.54) is 0 Å². The SMILES string of the molecule is CCCC(CCC)C(=O)Nc1nc(Cl)nc2c1ccn2C[C@H]1CC[C@@H](CO)O1. The maximum atomic E-state index is 12.7. The molecule has 0 aromatic carbocycles. The lowest BCUT2D eigenvalue weighted by Gasteiger charge is -2.16. The summed E-state index contributed by atoms with van der Waals surface area (Å²) in [6.45, 7) is 4.84. The lowest BCUT2D eigenvalue weighted by molar-refractivity contribution is -0.120. The van der Waals surface area contributed by atoms with Gasteiger partial charge < -0.3 is 19.7 Å². The molecule has 0 unspecified atom stereocenters. The maximum Gasteiger partial charge on any atom is 0.228 e. The van der Waals surface area contributed by atoms with Crippen molar-refractivity contribution in [2.24, 2.45) is 5.92 Å². The molecule has 2 N–H and O–H groups in total. The van der Waals surface area contributed by atoms with Crippen molar-refractivity contribution in [3.8, 4) is 0 Å².